The highest BCUT2D eigenvalue weighted by molar-refractivity contribution is 6.42. The van der Waals surface area contributed by atoms with Gasteiger partial charge in [-0.15, -0.1) is 0 Å². The Morgan fingerprint density at radius 2 is 1.75 bits per heavy atom. The van der Waals surface area contributed by atoms with E-state index in [0.717, 1.165) is 11.1 Å². The topological polar surface area (TPSA) is 29.5 Å². The molecule has 2 aromatic carbocycles. The van der Waals surface area contributed by atoms with Crippen molar-refractivity contribution in [2.45, 2.75) is 20.0 Å². The molecule has 0 heterocycles. The molecule has 0 radical (unpaired) electrons. The predicted octanol–water partition coefficient (Wildman–Crippen LogP) is 4.70. The molecule has 0 aliphatic rings. The van der Waals surface area contributed by atoms with Gasteiger partial charge in [0.1, 0.15) is 11.9 Å². The Labute approximate surface area is 128 Å². The summed E-state index contributed by atoms with van der Waals surface area (Å²) < 4.78 is 5.43. The van der Waals surface area contributed by atoms with E-state index in [9.17, 15) is 5.11 Å². The van der Waals surface area contributed by atoms with Gasteiger partial charge in [-0.2, -0.15) is 0 Å². The van der Waals surface area contributed by atoms with Crippen LogP contribution in [0.1, 0.15) is 28.4 Å². The molecule has 2 aromatic rings. The second kappa shape index (κ2) is 6.04. The predicted molar refractivity (Wildman–Crippen MR) is 83.0 cm³/mol. The molecule has 0 bridgehead atoms. The summed E-state index contributed by atoms with van der Waals surface area (Å²) >= 11 is 12.2. The van der Waals surface area contributed by atoms with Gasteiger partial charge in [-0.25, -0.2) is 0 Å². The van der Waals surface area contributed by atoms with Crippen molar-refractivity contribution >= 4 is 23.2 Å². The number of rotatable bonds is 3. The average molecular weight is 311 g/mol. The number of aliphatic hydroxyl groups is 1. The van der Waals surface area contributed by atoms with Crippen LogP contribution in [0.5, 0.6) is 5.75 Å². The molecule has 2 rings (SSSR count). The molecule has 4 heteroatoms. The maximum atomic E-state index is 10.6. The van der Waals surface area contributed by atoms with Crippen molar-refractivity contribution < 1.29 is 9.84 Å². The van der Waals surface area contributed by atoms with Crippen molar-refractivity contribution in [3.05, 3.63) is 62.6 Å². The van der Waals surface area contributed by atoms with E-state index in [1.165, 1.54) is 0 Å². The molecule has 2 nitrogen and oxygen atoms in total. The number of aliphatic hydroxyl groups excluding tert-OH is 1. The molecule has 106 valence electrons. The number of hydrogen-bond acceptors (Lipinski definition) is 2. The number of benzene rings is 2. The van der Waals surface area contributed by atoms with Gasteiger partial charge in [0.15, 0.2) is 0 Å². The summed E-state index contributed by atoms with van der Waals surface area (Å²) in [6.07, 6.45) is -0.879. The van der Waals surface area contributed by atoms with Gasteiger partial charge in [0, 0.05) is 11.1 Å². The molecule has 0 saturated carbocycles. The van der Waals surface area contributed by atoms with Gasteiger partial charge in [0.25, 0.3) is 0 Å². The first-order valence-electron chi connectivity index (χ1n) is 6.23. The Morgan fingerprint density at radius 1 is 1.05 bits per heavy atom. The quantitative estimate of drug-likeness (QED) is 0.890. The monoisotopic (exact) mass is 310 g/mol. The van der Waals surface area contributed by atoms with E-state index >= 15 is 0 Å². The van der Waals surface area contributed by atoms with E-state index < -0.39 is 6.10 Å². The summed E-state index contributed by atoms with van der Waals surface area (Å²) in [6, 6.07) is 9.02. The van der Waals surface area contributed by atoms with Crippen molar-refractivity contribution in [3.63, 3.8) is 0 Å². The molecule has 1 atom stereocenters. The zero-order chi connectivity index (χ0) is 14.9. The third-order valence-electron chi connectivity index (χ3n) is 3.48. The van der Waals surface area contributed by atoms with Crippen molar-refractivity contribution in [3.8, 4) is 5.75 Å². The zero-order valence-electron chi connectivity index (χ0n) is 11.6. The summed E-state index contributed by atoms with van der Waals surface area (Å²) in [5, 5.41) is 11.4. The van der Waals surface area contributed by atoms with Crippen LogP contribution in [0, 0.1) is 13.8 Å². The van der Waals surface area contributed by atoms with E-state index in [-0.39, 0.29) is 0 Å². The fourth-order valence-electron chi connectivity index (χ4n) is 2.20. The van der Waals surface area contributed by atoms with Gasteiger partial charge in [-0.1, -0.05) is 47.5 Å². The molecule has 0 aliphatic heterocycles. The Bertz CT molecular complexity index is 639. The largest absolute Gasteiger partial charge is 0.496 e. The second-order valence-electron chi connectivity index (χ2n) is 4.68. The molecular formula is C16H16Cl2O2. The van der Waals surface area contributed by atoms with Crippen molar-refractivity contribution in [1.82, 2.24) is 0 Å². The van der Waals surface area contributed by atoms with E-state index in [2.05, 4.69) is 0 Å². The van der Waals surface area contributed by atoms with E-state index in [1.807, 2.05) is 26.0 Å². The molecule has 1 unspecified atom stereocenters. The smallest absolute Gasteiger partial charge is 0.128 e. The average Bonchev–Trinajstić information content (AvgIpc) is 2.44. The van der Waals surface area contributed by atoms with Crippen molar-refractivity contribution in [2.75, 3.05) is 7.11 Å². The Balaban J connectivity index is 2.56. The zero-order valence-corrected chi connectivity index (χ0v) is 13.1. The Hall–Kier alpha value is -1.22. The molecule has 0 spiro atoms. The number of halogens is 2. The van der Waals surface area contributed by atoms with Gasteiger partial charge < -0.3 is 9.84 Å². The standard InChI is InChI=1S/C16H16Cl2O2/c1-9-7-8-12(16(20-3)10(9)2)15(19)11-5-4-6-13(17)14(11)18/h4-8,15,19H,1-3H3. The van der Waals surface area contributed by atoms with E-state index in [1.54, 1.807) is 25.3 Å². The molecule has 20 heavy (non-hydrogen) atoms. The fourth-order valence-corrected chi connectivity index (χ4v) is 2.61. The molecule has 0 amide bonds. The van der Waals surface area contributed by atoms with E-state index in [4.69, 9.17) is 27.9 Å². The summed E-state index contributed by atoms with van der Waals surface area (Å²) in [5.74, 6) is 0.675. The lowest BCUT2D eigenvalue weighted by atomic mass is 9.96. The van der Waals surface area contributed by atoms with Crippen LogP contribution in [0.25, 0.3) is 0 Å². The third-order valence-corrected chi connectivity index (χ3v) is 4.32. The first-order valence-corrected chi connectivity index (χ1v) is 6.99. The highest BCUT2D eigenvalue weighted by Crippen LogP contribution is 2.38. The number of hydrogen-bond donors (Lipinski definition) is 1. The lowest BCUT2D eigenvalue weighted by Gasteiger charge is -2.19. The normalized spacial score (nSPS) is 12.3. The molecular weight excluding hydrogens is 295 g/mol. The fraction of sp³-hybridized carbons (Fsp3) is 0.250. The maximum Gasteiger partial charge on any atom is 0.128 e. The van der Waals surface area contributed by atoms with Crippen molar-refractivity contribution in [2.24, 2.45) is 0 Å². The van der Waals surface area contributed by atoms with Crippen LogP contribution in [0.3, 0.4) is 0 Å². The summed E-state index contributed by atoms with van der Waals surface area (Å²) in [4.78, 5) is 0. The van der Waals surface area contributed by atoms with Crippen molar-refractivity contribution in [1.29, 1.82) is 0 Å². The van der Waals surface area contributed by atoms with Gasteiger partial charge >= 0.3 is 0 Å². The lowest BCUT2D eigenvalue weighted by molar-refractivity contribution is 0.214. The summed E-state index contributed by atoms with van der Waals surface area (Å²) in [5.41, 5.74) is 3.36. The highest BCUT2D eigenvalue weighted by Gasteiger charge is 2.20. The van der Waals surface area contributed by atoms with E-state index in [0.29, 0.717) is 26.9 Å². The van der Waals surface area contributed by atoms with Crippen LogP contribution >= 0.6 is 23.2 Å². The summed E-state index contributed by atoms with van der Waals surface area (Å²) in [7, 11) is 1.59. The van der Waals surface area contributed by atoms with Crippen LogP contribution in [0.15, 0.2) is 30.3 Å². The number of aryl methyl sites for hydroxylation is 1. The molecule has 0 aromatic heterocycles. The molecule has 0 saturated heterocycles. The first-order chi connectivity index (χ1) is 9.47. The van der Waals surface area contributed by atoms with Crippen LogP contribution in [-0.2, 0) is 0 Å². The van der Waals surface area contributed by atoms with Crippen LogP contribution in [0.2, 0.25) is 10.0 Å². The molecule has 0 aliphatic carbocycles. The minimum Gasteiger partial charge on any atom is -0.496 e. The second-order valence-corrected chi connectivity index (χ2v) is 5.46. The third kappa shape index (κ3) is 2.64. The van der Waals surface area contributed by atoms with Gasteiger partial charge in [-0.05, 0) is 31.0 Å². The maximum absolute atomic E-state index is 10.6. The minimum absolute atomic E-state index is 0.363. The number of methoxy groups -OCH3 is 1. The highest BCUT2D eigenvalue weighted by atomic mass is 35.5. The van der Waals surface area contributed by atoms with Crippen LogP contribution < -0.4 is 4.74 Å². The van der Waals surface area contributed by atoms with Gasteiger partial charge in [0.2, 0.25) is 0 Å². The lowest BCUT2D eigenvalue weighted by Crippen LogP contribution is -2.05. The minimum atomic E-state index is -0.879. The van der Waals surface area contributed by atoms with Crippen LogP contribution in [0.4, 0.5) is 0 Å². The molecule has 1 N–H and O–H groups in total. The van der Waals surface area contributed by atoms with Gasteiger partial charge in [0.05, 0.1) is 17.2 Å². The first kappa shape index (κ1) is 15.2. The number of ether oxygens (including phenoxy) is 1. The Kier molecular flexibility index (Phi) is 4.59. The Morgan fingerprint density at radius 3 is 2.40 bits per heavy atom. The molecule has 0 fully saturated rings. The van der Waals surface area contributed by atoms with Crippen LogP contribution in [-0.4, -0.2) is 12.2 Å². The summed E-state index contributed by atoms with van der Waals surface area (Å²) in [6.45, 7) is 3.96. The van der Waals surface area contributed by atoms with Gasteiger partial charge in [-0.3, -0.25) is 0 Å². The SMILES string of the molecule is COc1c(C(O)c2cccc(Cl)c2Cl)ccc(C)c1C.